The summed E-state index contributed by atoms with van der Waals surface area (Å²) in [6, 6.07) is 2.48. The lowest BCUT2D eigenvalue weighted by atomic mass is 10.1. The molecule has 0 atom stereocenters. The minimum atomic E-state index is 0.391. The summed E-state index contributed by atoms with van der Waals surface area (Å²) in [5, 5.41) is 3.43. The van der Waals surface area contributed by atoms with Crippen molar-refractivity contribution in [1.82, 2.24) is 10.3 Å². The monoisotopic (exact) mass is 262 g/mol. The molecule has 0 aromatic carbocycles. The Morgan fingerprint density at radius 3 is 2.68 bits per heavy atom. The molecule has 1 fully saturated rings. The molecule has 1 heterocycles. The van der Waals surface area contributed by atoms with E-state index in [9.17, 15) is 0 Å². The van der Waals surface area contributed by atoms with Crippen LogP contribution < -0.4 is 10.1 Å². The molecule has 3 heteroatoms. The van der Waals surface area contributed by atoms with Gasteiger partial charge in [-0.3, -0.25) is 4.98 Å². The summed E-state index contributed by atoms with van der Waals surface area (Å²) >= 11 is 0. The van der Waals surface area contributed by atoms with Crippen LogP contribution in [0.3, 0.4) is 0 Å². The van der Waals surface area contributed by atoms with Gasteiger partial charge in [-0.25, -0.2) is 0 Å². The molecular weight excluding hydrogens is 236 g/mol. The van der Waals surface area contributed by atoms with E-state index in [0.717, 1.165) is 12.3 Å². The van der Waals surface area contributed by atoms with Crippen LogP contribution in [0.4, 0.5) is 0 Å². The van der Waals surface area contributed by atoms with E-state index in [2.05, 4.69) is 24.1 Å². The van der Waals surface area contributed by atoms with Crippen LogP contribution in [-0.2, 0) is 6.54 Å². The number of nitrogens with zero attached hydrogens (tertiary/aromatic N) is 1. The molecule has 0 bridgehead atoms. The van der Waals surface area contributed by atoms with Crippen LogP contribution in [0, 0.1) is 0 Å². The van der Waals surface area contributed by atoms with Gasteiger partial charge in [-0.1, -0.05) is 26.7 Å². The first-order chi connectivity index (χ1) is 9.25. The van der Waals surface area contributed by atoms with E-state index in [-0.39, 0.29) is 0 Å². The summed E-state index contributed by atoms with van der Waals surface area (Å²) in [6.07, 6.45) is 11.8. The lowest BCUT2D eigenvalue weighted by Gasteiger charge is -2.19. The van der Waals surface area contributed by atoms with Gasteiger partial charge in [0, 0.05) is 30.5 Å². The maximum Gasteiger partial charge on any atom is 0.127 e. The predicted octanol–water partition coefficient (Wildman–Crippen LogP) is 3.68. The Labute approximate surface area is 116 Å². The van der Waals surface area contributed by atoms with Crippen molar-refractivity contribution in [2.24, 2.45) is 0 Å². The number of ether oxygens (including phenoxy) is 1. The molecule has 1 saturated carbocycles. The van der Waals surface area contributed by atoms with Crippen LogP contribution in [0.1, 0.15) is 57.9 Å². The summed E-state index contributed by atoms with van der Waals surface area (Å²) in [5.74, 6) is 1.01. The molecule has 0 amide bonds. The molecule has 0 spiro atoms. The van der Waals surface area contributed by atoms with Crippen molar-refractivity contribution < 1.29 is 4.74 Å². The highest BCUT2D eigenvalue weighted by Crippen LogP contribution is 2.25. The van der Waals surface area contributed by atoms with Gasteiger partial charge in [0.2, 0.25) is 0 Å². The fraction of sp³-hybridized carbons (Fsp3) is 0.688. The van der Waals surface area contributed by atoms with Crippen molar-refractivity contribution in [1.29, 1.82) is 0 Å². The van der Waals surface area contributed by atoms with Gasteiger partial charge in [0.1, 0.15) is 5.75 Å². The average molecular weight is 262 g/mol. The fourth-order valence-electron chi connectivity index (χ4n) is 2.52. The van der Waals surface area contributed by atoms with E-state index in [1.54, 1.807) is 0 Å². The molecule has 1 aromatic rings. The van der Waals surface area contributed by atoms with Crippen LogP contribution in [0.2, 0.25) is 0 Å². The van der Waals surface area contributed by atoms with E-state index in [0.29, 0.717) is 12.1 Å². The molecule has 1 aliphatic rings. The van der Waals surface area contributed by atoms with E-state index in [1.807, 2.05) is 18.5 Å². The Kier molecular flexibility index (Phi) is 5.64. The number of pyridine rings is 1. The highest BCUT2D eigenvalue weighted by Gasteiger charge is 2.15. The van der Waals surface area contributed by atoms with Crippen LogP contribution in [-0.4, -0.2) is 17.1 Å². The van der Waals surface area contributed by atoms with E-state index in [1.165, 1.54) is 44.1 Å². The first kappa shape index (κ1) is 14.3. The highest BCUT2D eigenvalue weighted by atomic mass is 16.5. The zero-order chi connectivity index (χ0) is 13.5. The summed E-state index contributed by atoms with van der Waals surface area (Å²) in [5.41, 5.74) is 1.17. The van der Waals surface area contributed by atoms with Crippen molar-refractivity contribution in [2.75, 3.05) is 0 Å². The summed E-state index contributed by atoms with van der Waals surface area (Å²) < 4.78 is 6.22. The zero-order valence-electron chi connectivity index (χ0n) is 12.2. The normalized spacial score (nSPS) is 17.4. The minimum Gasteiger partial charge on any atom is -0.490 e. The van der Waals surface area contributed by atoms with Crippen molar-refractivity contribution in [2.45, 2.75) is 71.1 Å². The smallest absolute Gasteiger partial charge is 0.127 e. The minimum absolute atomic E-state index is 0.391. The summed E-state index contributed by atoms with van der Waals surface area (Å²) in [7, 11) is 0. The van der Waals surface area contributed by atoms with Crippen LogP contribution in [0.15, 0.2) is 18.5 Å². The second-order valence-corrected chi connectivity index (χ2v) is 5.75. The molecule has 1 N–H and O–H groups in total. The number of aromatic nitrogens is 1. The second-order valence-electron chi connectivity index (χ2n) is 5.75. The van der Waals surface area contributed by atoms with Crippen LogP contribution in [0.5, 0.6) is 5.75 Å². The van der Waals surface area contributed by atoms with Gasteiger partial charge in [0.05, 0.1) is 6.10 Å². The highest BCUT2D eigenvalue weighted by molar-refractivity contribution is 5.30. The van der Waals surface area contributed by atoms with Crippen molar-refractivity contribution >= 4 is 0 Å². The Balaban J connectivity index is 1.97. The standard InChI is InChI=1S/C16H26N2O/c1-13(2)18-12-14-11-17-10-9-16(14)19-15-7-5-3-4-6-8-15/h9-11,13,15,18H,3-8,12H2,1-2H3. The van der Waals surface area contributed by atoms with E-state index < -0.39 is 0 Å². The molecule has 1 aliphatic carbocycles. The van der Waals surface area contributed by atoms with Crippen LogP contribution >= 0.6 is 0 Å². The third-order valence-electron chi connectivity index (χ3n) is 3.66. The molecule has 106 valence electrons. The Bertz CT molecular complexity index is 371. The molecule has 2 rings (SSSR count). The maximum atomic E-state index is 6.22. The number of nitrogens with one attached hydrogen (secondary N) is 1. The number of hydrogen-bond donors (Lipinski definition) is 1. The molecule has 19 heavy (non-hydrogen) atoms. The maximum absolute atomic E-state index is 6.22. The third-order valence-corrected chi connectivity index (χ3v) is 3.66. The fourth-order valence-corrected chi connectivity index (χ4v) is 2.52. The lowest BCUT2D eigenvalue weighted by molar-refractivity contribution is 0.181. The van der Waals surface area contributed by atoms with Gasteiger partial charge in [-0.2, -0.15) is 0 Å². The predicted molar refractivity (Wildman–Crippen MR) is 78.3 cm³/mol. The molecule has 0 radical (unpaired) electrons. The Hall–Kier alpha value is -1.09. The zero-order valence-corrected chi connectivity index (χ0v) is 12.2. The average Bonchev–Trinajstić information content (AvgIpc) is 2.66. The number of hydrogen-bond acceptors (Lipinski definition) is 3. The first-order valence-electron chi connectivity index (χ1n) is 7.58. The van der Waals surface area contributed by atoms with Gasteiger partial charge in [-0.05, 0) is 31.7 Å². The Morgan fingerprint density at radius 1 is 1.26 bits per heavy atom. The van der Waals surface area contributed by atoms with Crippen molar-refractivity contribution in [3.63, 3.8) is 0 Å². The van der Waals surface area contributed by atoms with Crippen molar-refractivity contribution in [3.8, 4) is 5.75 Å². The number of rotatable bonds is 5. The van der Waals surface area contributed by atoms with E-state index in [4.69, 9.17) is 4.74 Å². The molecule has 1 aromatic heterocycles. The van der Waals surface area contributed by atoms with Gasteiger partial charge in [0.15, 0.2) is 0 Å². The quantitative estimate of drug-likeness (QED) is 0.822. The molecule has 0 aliphatic heterocycles. The van der Waals surface area contributed by atoms with E-state index >= 15 is 0 Å². The first-order valence-corrected chi connectivity index (χ1v) is 7.58. The largest absolute Gasteiger partial charge is 0.490 e. The summed E-state index contributed by atoms with van der Waals surface area (Å²) in [4.78, 5) is 4.21. The van der Waals surface area contributed by atoms with Gasteiger partial charge in [0.25, 0.3) is 0 Å². The lowest BCUT2D eigenvalue weighted by Crippen LogP contribution is -2.23. The van der Waals surface area contributed by atoms with Crippen LogP contribution in [0.25, 0.3) is 0 Å². The topological polar surface area (TPSA) is 34.2 Å². The summed E-state index contributed by atoms with van der Waals surface area (Å²) in [6.45, 7) is 5.14. The van der Waals surface area contributed by atoms with Gasteiger partial charge < -0.3 is 10.1 Å². The molecule has 0 saturated heterocycles. The van der Waals surface area contributed by atoms with Gasteiger partial charge in [-0.15, -0.1) is 0 Å². The second kappa shape index (κ2) is 7.49. The van der Waals surface area contributed by atoms with Gasteiger partial charge >= 0.3 is 0 Å². The Morgan fingerprint density at radius 2 is 2.00 bits per heavy atom. The molecular formula is C16H26N2O. The third kappa shape index (κ3) is 4.83. The van der Waals surface area contributed by atoms with Crippen molar-refractivity contribution in [3.05, 3.63) is 24.0 Å². The molecule has 0 unspecified atom stereocenters. The molecule has 3 nitrogen and oxygen atoms in total. The SMILES string of the molecule is CC(C)NCc1cnccc1OC1CCCCCC1.